The van der Waals surface area contributed by atoms with Gasteiger partial charge in [-0.15, -0.1) is 0 Å². The van der Waals surface area contributed by atoms with Crippen LogP contribution in [0.15, 0.2) is 42.6 Å². The zero-order chi connectivity index (χ0) is 12.3. The summed E-state index contributed by atoms with van der Waals surface area (Å²) in [5, 5.41) is 9.54. The van der Waals surface area contributed by atoms with E-state index < -0.39 is 6.10 Å². The second kappa shape index (κ2) is 4.93. The summed E-state index contributed by atoms with van der Waals surface area (Å²) in [6.45, 7) is 1.62. The van der Waals surface area contributed by atoms with Crippen molar-refractivity contribution < 1.29 is 14.2 Å². The zero-order valence-electron chi connectivity index (χ0n) is 9.30. The van der Waals surface area contributed by atoms with Crippen molar-refractivity contribution in [2.24, 2.45) is 0 Å². The monoisotopic (exact) mass is 233 g/mol. The quantitative estimate of drug-likeness (QED) is 0.885. The number of pyridine rings is 1. The number of aliphatic hydroxyl groups is 1. The van der Waals surface area contributed by atoms with Crippen molar-refractivity contribution in [2.75, 3.05) is 0 Å². The van der Waals surface area contributed by atoms with Crippen molar-refractivity contribution in [3.8, 4) is 11.6 Å². The molecule has 0 fully saturated rings. The lowest BCUT2D eigenvalue weighted by atomic mass is 10.2. The van der Waals surface area contributed by atoms with Gasteiger partial charge >= 0.3 is 0 Å². The van der Waals surface area contributed by atoms with Crippen molar-refractivity contribution in [1.29, 1.82) is 0 Å². The first-order valence-corrected chi connectivity index (χ1v) is 5.23. The highest BCUT2D eigenvalue weighted by Crippen LogP contribution is 2.27. The standard InChI is InChI=1S/C13H12FNO2/c1-9(16)12-6-3-7-15-13(12)17-11-5-2-4-10(14)8-11/h2-9,16H,1H3/t9-/m1/s1. The first-order chi connectivity index (χ1) is 8.16. The zero-order valence-corrected chi connectivity index (χ0v) is 9.30. The van der Waals surface area contributed by atoms with Gasteiger partial charge in [0.1, 0.15) is 11.6 Å². The van der Waals surface area contributed by atoms with Gasteiger partial charge in [0, 0.05) is 17.8 Å². The fourth-order valence-electron chi connectivity index (χ4n) is 1.45. The second-order valence-corrected chi connectivity index (χ2v) is 3.63. The topological polar surface area (TPSA) is 42.4 Å². The predicted octanol–water partition coefficient (Wildman–Crippen LogP) is 3.07. The Labute approximate surface area is 98.5 Å². The van der Waals surface area contributed by atoms with Crippen LogP contribution in [0.3, 0.4) is 0 Å². The molecular formula is C13H12FNO2. The molecule has 0 aliphatic carbocycles. The number of aromatic nitrogens is 1. The third kappa shape index (κ3) is 2.79. The van der Waals surface area contributed by atoms with Crippen LogP contribution in [-0.2, 0) is 0 Å². The minimum Gasteiger partial charge on any atom is -0.439 e. The number of halogens is 1. The van der Waals surface area contributed by atoms with Gasteiger partial charge in [-0.2, -0.15) is 0 Å². The molecule has 1 aromatic heterocycles. The first-order valence-electron chi connectivity index (χ1n) is 5.23. The summed E-state index contributed by atoms with van der Waals surface area (Å²) in [7, 11) is 0. The highest BCUT2D eigenvalue weighted by Gasteiger charge is 2.10. The number of benzene rings is 1. The number of rotatable bonds is 3. The summed E-state index contributed by atoms with van der Waals surface area (Å²) in [6.07, 6.45) is 0.868. The SMILES string of the molecule is C[C@@H](O)c1cccnc1Oc1cccc(F)c1. The Balaban J connectivity index is 2.30. The summed E-state index contributed by atoms with van der Waals surface area (Å²) in [4.78, 5) is 4.02. The van der Waals surface area contributed by atoms with Gasteiger partial charge in [0.2, 0.25) is 5.88 Å². The molecule has 0 amide bonds. The van der Waals surface area contributed by atoms with E-state index >= 15 is 0 Å². The molecule has 1 aromatic carbocycles. The molecular weight excluding hydrogens is 221 g/mol. The van der Waals surface area contributed by atoms with Crippen LogP contribution >= 0.6 is 0 Å². The van der Waals surface area contributed by atoms with E-state index in [-0.39, 0.29) is 11.7 Å². The molecule has 0 aliphatic heterocycles. The molecule has 17 heavy (non-hydrogen) atoms. The molecule has 0 aliphatic rings. The second-order valence-electron chi connectivity index (χ2n) is 3.63. The summed E-state index contributed by atoms with van der Waals surface area (Å²) in [5.74, 6) is 0.260. The Morgan fingerprint density at radius 3 is 2.82 bits per heavy atom. The lowest BCUT2D eigenvalue weighted by molar-refractivity contribution is 0.194. The summed E-state index contributed by atoms with van der Waals surface area (Å²) < 4.78 is 18.4. The Bertz CT molecular complexity index is 514. The molecule has 3 nitrogen and oxygen atoms in total. The van der Waals surface area contributed by atoms with Gasteiger partial charge in [0.15, 0.2) is 0 Å². The Morgan fingerprint density at radius 1 is 1.29 bits per heavy atom. The van der Waals surface area contributed by atoms with Gasteiger partial charge in [-0.1, -0.05) is 6.07 Å². The minimum absolute atomic E-state index is 0.285. The van der Waals surface area contributed by atoms with Crippen molar-refractivity contribution in [3.05, 3.63) is 54.0 Å². The van der Waals surface area contributed by atoms with Crippen LogP contribution in [0.2, 0.25) is 0 Å². The van der Waals surface area contributed by atoms with Gasteiger partial charge in [-0.3, -0.25) is 0 Å². The van der Waals surface area contributed by atoms with Crippen molar-refractivity contribution in [2.45, 2.75) is 13.0 Å². The third-order valence-electron chi connectivity index (χ3n) is 2.26. The van der Waals surface area contributed by atoms with Crippen LogP contribution in [0.25, 0.3) is 0 Å². The lowest BCUT2D eigenvalue weighted by Crippen LogP contribution is -1.98. The molecule has 1 N–H and O–H groups in total. The molecule has 0 bridgehead atoms. The Hall–Kier alpha value is -1.94. The average Bonchev–Trinajstić information content (AvgIpc) is 2.29. The Morgan fingerprint density at radius 2 is 2.12 bits per heavy atom. The highest BCUT2D eigenvalue weighted by molar-refractivity contribution is 5.33. The molecule has 0 spiro atoms. The largest absolute Gasteiger partial charge is 0.439 e. The first kappa shape index (κ1) is 11.5. The highest BCUT2D eigenvalue weighted by atomic mass is 19.1. The van der Waals surface area contributed by atoms with E-state index in [0.29, 0.717) is 11.3 Å². The predicted molar refractivity (Wildman–Crippen MR) is 61.3 cm³/mol. The fraction of sp³-hybridized carbons (Fsp3) is 0.154. The number of nitrogens with zero attached hydrogens (tertiary/aromatic N) is 1. The van der Waals surface area contributed by atoms with Gasteiger partial charge in [-0.05, 0) is 31.2 Å². The van der Waals surface area contributed by atoms with E-state index in [4.69, 9.17) is 4.74 Å². The fourth-order valence-corrected chi connectivity index (χ4v) is 1.45. The number of ether oxygens (including phenoxy) is 1. The molecule has 0 radical (unpaired) electrons. The van der Waals surface area contributed by atoms with Gasteiger partial charge in [0.25, 0.3) is 0 Å². The van der Waals surface area contributed by atoms with Crippen molar-refractivity contribution in [1.82, 2.24) is 4.98 Å². The van der Waals surface area contributed by atoms with Gasteiger partial charge < -0.3 is 9.84 Å². The molecule has 4 heteroatoms. The molecule has 0 saturated heterocycles. The van der Waals surface area contributed by atoms with E-state index in [2.05, 4.69) is 4.98 Å². The molecule has 2 rings (SSSR count). The minimum atomic E-state index is -0.688. The van der Waals surface area contributed by atoms with Crippen LogP contribution in [0.5, 0.6) is 11.6 Å². The molecule has 1 heterocycles. The molecule has 2 aromatic rings. The maximum atomic E-state index is 13.0. The lowest BCUT2D eigenvalue weighted by Gasteiger charge is -2.11. The summed E-state index contributed by atoms with van der Waals surface area (Å²) in [5.41, 5.74) is 0.566. The summed E-state index contributed by atoms with van der Waals surface area (Å²) in [6, 6.07) is 9.20. The van der Waals surface area contributed by atoms with Crippen LogP contribution in [-0.4, -0.2) is 10.1 Å². The molecule has 0 unspecified atom stereocenters. The normalized spacial score (nSPS) is 12.2. The molecule has 88 valence electrons. The number of aliphatic hydroxyl groups excluding tert-OH is 1. The number of hydrogen-bond acceptors (Lipinski definition) is 3. The average molecular weight is 233 g/mol. The van der Waals surface area contributed by atoms with Crippen LogP contribution in [0.4, 0.5) is 4.39 Å². The van der Waals surface area contributed by atoms with E-state index in [1.807, 2.05) is 0 Å². The van der Waals surface area contributed by atoms with Gasteiger partial charge in [0.05, 0.1) is 6.10 Å². The summed E-state index contributed by atoms with van der Waals surface area (Å²) >= 11 is 0. The smallest absolute Gasteiger partial charge is 0.225 e. The third-order valence-corrected chi connectivity index (χ3v) is 2.26. The van der Waals surface area contributed by atoms with E-state index in [1.54, 1.807) is 37.4 Å². The molecule has 1 atom stereocenters. The Kier molecular flexibility index (Phi) is 3.35. The number of hydrogen-bond donors (Lipinski definition) is 1. The maximum absolute atomic E-state index is 13.0. The van der Waals surface area contributed by atoms with Crippen LogP contribution in [0, 0.1) is 5.82 Å². The van der Waals surface area contributed by atoms with E-state index in [9.17, 15) is 9.50 Å². The maximum Gasteiger partial charge on any atom is 0.225 e. The van der Waals surface area contributed by atoms with Crippen molar-refractivity contribution in [3.63, 3.8) is 0 Å². The molecule has 0 saturated carbocycles. The van der Waals surface area contributed by atoms with Crippen LogP contribution < -0.4 is 4.74 Å². The van der Waals surface area contributed by atoms with Crippen molar-refractivity contribution >= 4 is 0 Å². The van der Waals surface area contributed by atoms with Crippen LogP contribution in [0.1, 0.15) is 18.6 Å². The van der Waals surface area contributed by atoms with E-state index in [0.717, 1.165) is 0 Å². The van der Waals surface area contributed by atoms with Gasteiger partial charge in [-0.25, -0.2) is 9.37 Å². The van der Waals surface area contributed by atoms with E-state index in [1.165, 1.54) is 12.1 Å².